The minimum Gasteiger partial charge on any atom is -0.363 e. The fourth-order valence-corrected chi connectivity index (χ4v) is 1.75. The SMILES string of the molecule is CSCCCNC(=O)COC1(C)CNC1. The van der Waals surface area contributed by atoms with Crippen LogP contribution in [-0.2, 0) is 9.53 Å². The van der Waals surface area contributed by atoms with Crippen molar-refractivity contribution in [3.05, 3.63) is 0 Å². The number of amides is 1. The molecule has 88 valence electrons. The zero-order chi connectivity index (χ0) is 11.1. The van der Waals surface area contributed by atoms with E-state index in [4.69, 9.17) is 4.74 Å². The molecule has 0 aromatic carbocycles. The summed E-state index contributed by atoms with van der Waals surface area (Å²) in [5.74, 6) is 1.08. The largest absolute Gasteiger partial charge is 0.363 e. The summed E-state index contributed by atoms with van der Waals surface area (Å²) in [6.07, 6.45) is 3.08. The Balaban J connectivity index is 1.98. The predicted octanol–water partition coefficient (Wildman–Crippen LogP) is 0.234. The molecule has 4 nitrogen and oxygen atoms in total. The molecule has 0 unspecified atom stereocenters. The van der Waals surface area contributed by atoms with Crippen molar-refractivity contribution in [3.63, 3.8) is 0 Å². The number of hydrogen-bond acceptors (Lipinski definition) is 4. The second-order valence-corrected chi connectivity index (χ2v) is 5.02. The van der Waals surface area contributed by atoms with E-state index in [1.807, 2.05) is 6.92 Å². The number of rotatable bonds is 7. The van der Waals surface area contributed by atoms with Crippen molar-refractivity contribution in [3.8, 4) is 0 Å². The molecule has 1 fully saturated rings. The Morgan fingerprint density at radius 2 is 2.33 bits per heavy atom. The Morgan fingerprint density at radius 3 is 2.87 bits per heavy atom. The van der Waals surface area contributed by atoms with Gasteiger partial charge in [0.25, 0.3) is 0 Å². The fraction of sp³-hybridized carbons (Fsp3) is 0.900. The smallest absolute Gasteiger partial charge is 0.246 e. The van der Waals surface area contributed by atoms with Gasteiger partial charge in [-0.2, -0.15) is 11.8 Å². The molecule has 0 aliphatic carbocycles. The van der Waals surface area contributed by atoms with E-state index in [-0.39, 0.29) is 18.1 Å². The van der Waals surface area contributed by atoms with Gasteiger partial charge in [-0.05, 0) is 25.4 Å². The average Bonchev–Trinajstić information content (AvgIpc) is 2.19. The molecule has 0 saturated carbocycles. The minimum atomic E-state index is -0.128. The van der Waals surface area contributed by atoms with Crippen LogP contribution in [-0.4, -0.2) is 49.8 Å². The van der Waals surface area contributed by atoms with E-state index in [0.29, 0.717) is 0 Å². The molecule has 0 bridgehead atoms. The summed E-state index contributed by atoms with van der Waals surface area (Å²) in [5, 5.41) is 5.97. The molecule has 1 heterocycles. The monoisotopic (exact) mass is 232 g/mol. The van der Waals surface area contributed by atoms with Crippen LogP contribution in [0.1, 0.15) is 13.3 Å². The number of nitrogens with one attached hydrogen (secondary N) is 2. The van der Waals surface area contributed by atoms with E-state index in [1.54, 1.807) is 11.8 Å². The van der Waals surface area contributed by atoms with Gasteiger partial charge in [0.1, 0.15) is 6.61 Å². The molecular formula is C10H20N2O2S. The van der Waals surface area contributed by atoms with Crippen LogP contribution in [0.4, 0.5) is 0 Å². The highest BCUT2D eigenvalue weighted by Gasteiger charge is 2.32. The van der Waals surface area contributed by atoms with Crippen molar-refractivity contribution in [2.24, 2.45) is 0 Å². The Bertz CT molecular complexity index is 208. The van der Waals surface area contributed by atoms with Gasteiger partial charge < -0.3 is 15.4 Å². The van der Waals surface area contributed by atoms with Crippen LogP contribution in [0.2, 0.25) is 0 Å². The number of carbonyl (C=O) groups is 1. The maximum Gasteiger partial charge on any atom is 0.246 e. The summed E-state index contributed by atoms with van der Waals surface area (Å²) >= 11 is 1.79. The second kappa shape index (κ2) is 6.35. The Kier molecular flexibility index (Phi) is 5.42. The van der Waals surface area contributed by atoms with Crippen LogP contribution in [0.15, 0.2) is 0 Å². The van der Waals surface area contributed by atoms with Crippen molar-refractivity contribution in [1.29, 1.82) is 0 Å². The van der Waals surface area contributed by atoms with Crippen LogP contribution < -0.4 is 10.6 Å². The molecule has 1 aliphatic rings. The average molecular weight is 232 g/mol. The van der Waals surface area contributed by atoms with E-state index in [2.05, 4.69) is 16.9 Å². The predicted molar refractivity (Wildman–Crippen MR) is 63.2 cm³/mol. The normalized spacial score (nSPS) is 18.3. The summed E-state index contributed by atoms with van der Waals surface area (Å²) in [7, 11) is 0. The lowest BCUT2D eigenvalue weighted by Gasteiger charge is -2.38. The van der Waals surface area contributed by atoms with Crippen molar-refractivity contribution in [1.82, 2.24) is 10.6 Å². The highest BCUT2D eigenvalue weighted by molar-refractivity contribution is 7.98. The minimum absolute atomic E-state index is 0.00997. The number of hydrogen-bond donors (Lipinski definition) is 2. The molecule has 2 N–H and O–H groups in total. The fourth-order valence-electron chi connectivity index (χ4n) is 1.31. The number of ether oxygens (including phenoxy) is 1. The van der Waals surface area contributed by atoms with Gasteiger partial charge in [-0.25, -0.2) is 0 Å². The topological polar surface area (TPSA) is 50.4 Å². The highest BCUT2D eigenvalue weighted by atomic mass is 32.2. The van der Waals surface area contributed by atoms with Crippen LogP contribution >= 0.6 is 11.8 Å². The third-order valence-electron chi connectivity index (χ3n) is 2.40. The molecule has 0 radical (unpaired) electrons. The van der Waals surface area contributed by atoms with E-state index < -0.39 is 0 Å². The van der Waals surface area contributed by atoms with Gasteiger partial charge in [0.2, 0.25) is 5.91 Å². The van der Waals surface area contributed by atoms with Gasteiger partial charge >= 0.3 is 0 Å². The highest BCUT2D eigenvalue weighted by Crippen LogP contribution is 2.14. The summed E-state index contributed by atoms with van der Waals surface area (Å²) in [6.45, 7) is 4.62. The van der Waals surface area contributed by atoms with Gasteiger partial charge in [-0.3, -0.25) is 4.79 Å². The molecule has 1 aliphatic heterocycles. The standard InChI is InChI=1S/C10H20N2O2S/c1-10(7-11-8-10)14-6-9(13)12-4-3-5-15-2/h11H,3-8H2,1-2H3,(H,12,13). The molecule has 0 atom stereocenters. The van der Waals surface area contributed by atoms with Gasteiger partial charge in [-0.15, -0.1) is 0 Å². The lowest BCUT2D eigenvalue weighted by molar-refractivity contribution is -0.135. The van der Waals surface area contributed by atoms with E-state index in [1.165, 1.54) is 0 Å². The van der Waals surface area contributed by atoms with E-state index in [0.717, 1.165) is 31.8 Å². The first-order valence-electron chi connectivity index (χ1n) is 5.27. The Morgan fingerprint density at radius 1 is 1.60 bits per heavy atom. The first kappa shape index (κ1) is 12.8. The molecule has 15 heavy (non-hydrogen) atoms. The zero-order valence-corrected chi connectivity index (χ0v) is 10.3. The van der Waals surface area contributed by atoms with Crippen molar-refractivity contribution >= 4 is 17.7 Å². The first-order chi connectivity index (χ1) is 7.16. The van der Waals surface area contributed by atoms with Gasteiger partial charge in [-0.1, -0.05) is 0 Å². The maximum atomic E-state index is 11.3. The zero-order valence-electron chi connectivity index (χ0n) is 9.47. The van der Waals surface area contributed by atoms with Gasteiger partial charge in [0, 0.05) is 19.6 Å². The third-order valence-corrected chi connectivity index (χ3v) is 3.09. The maximum absolute atomic E-state index is 11.3. The molecule has 0 spiro atoms. The lowest BCUT2D eigenvalue weighted by Crippen LogP contribution is -2.59. The molecule has 0 aromatic heterocycles. The van der Waals surface area contributed by atoms with Gasteiger partial charge in [0.15, 0.2) is 0 Å². The number of carbonyl (C=O) groups excluding carboxylic acids is 1. The molecule has 1 rings (SSSR count). The van der Waals surface area contributed by atoms with Crippen molar-refractivity contribution in [2.75, 3.05) is 38.2 Å². The van der Waals surface area contributed by atoms with Crippen LogP contribution in [0.25, 0.3) is 0 Å². The second-order valence-electron chi connectivity index (χ2n) is 4.04. The van der Waals surface area contributed by atoms with Crippen molar-refractivity contribution < 1.29 is 9.53 Å². The molecular weight excluding hydrogens is 212 g/mol. The first-order valence-corrected chi connectivity index (χ1v) is 6.66. The third kappa shape index (κ3) is 4.86. The molecule has 0 aromatic rings. The summed E-state index contributed by atoms with van der Waals surface area (Å²) in [4.78, 5) is 11.3. The van der Waals surface area contributed by atoms with E-state index >= 15 is 0 Å². The quantitative estimate of drug-likeness (QED) is 0.617. The van der Waals surface area contributed by atoms with Crippen molar-refractivity contribution in [2.45, 2.75) is 18.9 Å². The Labute approximate surface area is 95.5 Å². The number of thioether (sulfide) groups is 1. The Hall–Kier alpha value is -0.260. The van der Waals surface area contributed by atoms with E-state index in [9.17, 15) is 4.79 Å². The molecule has 1 amide bonds. The summed E-state index contributed by atoms with van der Waals surface area (Å²) in [5.41, 5.74) is -0.128. The van der Waals surface area contributed by atoms with Gasteiger partial charge in [0.05, 0.1) is 5.60 Å². The summed E-state index contributed by atoms with van der Waals surface area (Å²) < 4.78 is 5.50. The lowest BCUT2D eigenvalue weighted by atomic mass is 10.0. The summed E-state index contributed by atoms with van der Waals surface area (Å²) in [6, 6.07) is 0. The van der Waals surface area contributed by atoms with Crippen LogP contribution in [0.3, 0.4) is 0 Å². The van der Waals surface area contributed by atoms with Crippen LogP contribution in [0.5, 0.6) is 0 Å². The van der Waals surface area contributed by atoms with Crippen LogP contribution in [0, 0.1) is 0 Å². The molecule has 5 heteroatoms. The molecule has 1 saturated heterocycles.